The van der Waals surface area contributed by atoms with Crippen LogP contribution in [0.1, 0.15) is 23.0 Å². The van der Waals surface area contributed by atoms with Crippen molar-refractivity contribution in [1.82, 2.24) is 4.90 Å². The van der Waals surface area contributed by atoms with Crippen LogP contribution in [0.15, 0.2) is 11.4 Å². The van der Waals surface area contributed by atoms with Crippen LogP contribution in [0, 0.1) is 0 Å². The number of carbonyl (C=O) groups is 1. The molecule has 4 heteroatoms. The second-order valence-corrected chi connectivity index (χ2v) is 5.26. The molecule has 0 saturated carbocycles. The maximum absolute atomic E-state index is 10.7. The summed E-state index contributed by atoms with van der Waals surface area (Å²) in [5.41, 5.74) is 1.21. The highest BCUT2D eigenvalue weighted by molar-refractivity contribution is 7.12. The highest BCUT2D eigenvalue weighted by Crippen LogP contribution is 2.24. The highest BCUT2D eigenvalue weighted by atomic mass is 32.1. The normalized spacial score (nSPS) is 22.4. The van der Waals surface area contributed by atoms with Gasteiger partial charge in [-0.2, -0.15) is 0 Å². The number of thiophene rings is 1. The largest absolute Gasteiger partial charge is 0.368 e. The molecule has 1 atom stereocenters. The molecule has 2 rings (SSSR count). The summed E-state index contributed by atoms with van der Waals surface area (Å²) in [6.07, 6.45) is 2.11. The maximum Gasteiger partial charge on any atom is 0.160 e. The molecule has 88 valence electrons. The predicted octanol–water partition coefficient (Wildman–Crippen LogP) is 2.09. The van der Waals surface area contributed by atoms with Crippen LogP contribution in [0.5, 0.6) is 0 Å². The Morgan fingerprint density at radius 2 is 2.38 bits per heavy atom. The number of rotatable bonds is 3. The summed E-state index contributed by atoms with van der Waals surface area (Å²) in [7, 11) is 2.19. The fourth-order valence-corrected chi connectivity index (χ4v) is 2.91. The van der Waals surface area contributed by atoms with Gasteiger partial charge in [0.05, 0.1) is 4.88 Å². The van der Waals surface area contributed by atoms with E-state index in [9.17, 15) is 4.79 Å². The van der Waals surface area contributed by atoms with Crippen molar-refractivity contribution < 1.29 is 4.79 Å². The maximum atomic E-state index is 10.7. The van der Waals surface area contributed by atoms with Crippen molar-refractivity contribution in [2.45, 2.75) is 19.4 Å². The van der Waals surface area contributed by atoms with E-state index in [-0.39, 0.29) is 0 Å². The van der Waals surface area contributed by atoms with Gasteiger partial charge in [-0.3, -0.25) is 9.69 Å². The Labute approximate surface area is 101 Å². The molecule has 16 heavy (non-hydrogen) atoms. The van der Waals surface area contributed by atoms with E-state index in [1.807, 2.05) is 6.07 Å². The minimum Gasteiger partial charge on any atom is -0.368 e. The molecule has 0 amide bonds. The minimum atomic E-state index is 0.633. The lowest BCUT2D eigenvalue weighted by atomic mass is 10.1. The number of anilines is 1. The van der Waals surface area contributed by atoms with Crippen molar-refractivity contribution in [2.24, 2.45) is 0 Å². The zero-order valence-electron chi connectivity index (χ0n) is 9.85. The van der Waals surface area contributed by atoms with E-state index in [2.05, 4.69) is 29.2 Å². The van der Waals surface area contributed by atoms with E-state index in [0.717, 1.165) is 30.8 Å². The van der Waals surface area contributed by atoms with Gasteiger partial charge in [-0.05, 0) is 19.5 Å². The molecule has 1 aromatic rings. The summed E-state index contributed by atoms with van der Waals surface area (Å²) in [4.78, 5) is 16.3. The Hall–Kier alpha value is -0.870. The summed E-state index contributed by atoms with van der Waals surface area (Å²) in [5, 5.41) is 2.09. The zero-order valence-corrected chi connectivity index (χ0v) is 10.7. The number of hydrogen-bond donors (Lipinski definition) is 0. The first-order valence-electron chi connectivity index (χ1n) is 5.73. The average molecular weight is 238 g/mol. The topological polar surface area (TPSA) is 23.6 Å². The number of hydrogen-bond acceptors (Lipinski definition) is 4. The Balaban J connectivity index is 2.07. The van der Waals surface area contributed by atoms with Gasteiger partial charge in [0.25, 0.3) is 0 Å². The molecular formula is C12H18N2OS. The summed E-state index contributed by atoms with van der Waals surface area (Å²) in [6.45, 7) is 5.46. The monoisotopic (exact) mass is 238 g/mol. The first-order valence-corrected chi connectivity index (χ1v) is 6.61. The third kappa shape index (κ3) is 2.28. The standard InChI is InChI=1S/C12H18N2OS/c1-3-10-7-14(5-4-13(10)2)11-6-12(8-15)16-9-11/h6,8-10H,3-5,7H2,1-2H3. The van der Waals surface area contributed by atoms with E-state index in [1.165, 1.54) is 23.4 Å². The molecule has 0 spiro atoms. The molecular weight excluding hydrogens is 220 g/mol. The van der Waals surface area contributed by atoms with Crippen LogP contribution in [-0.4, -0.2) is 43.9 Å². The van der Waals surface area contributed by atoms with E-state index in [0.29, 0.717) is 6.04 Å². The quantitative estimate of drug-likeness (QED) is 0.753. The fourth-order valence-electron chi connectivity index (χ4n) is 2.19. The van der Waals surface area contributed by atoms with Crippen LogP contribution in [0.2, 0.25) is 0 Å². The van der Waals surface area contributed by atoms with Crippen molar-refractivity contribution >= 4 is 23.3 Å². The molecule has 0 radical (unpaired) electrons. The zero-order chi connectivity index (χ0) is 11.5. The summed E-state index contributed by atoms with van der Waals surface area (Å²) in [6, 6.07) is 2.63. The molecule has 0 aliphatic carbocycles. The highest BCUT2D eigenvalue weighted by Gasteiger charge is 2.23. The summed E-state index contributed by atoms with van der Waals surface area (Å²) < 4.78 is 0. The van der Waals surface area contributed by atoms with Gasteiger partial charge >= 0.3 is 0 Å². The number of likely N-dealkylation sites (N-methyl/N-ethyl adjacent to an activating group) is 1. The van der Waals surface area contributed by atoms with Crippen molar-refractivity contribution in [3.8, 4) is 0 Å². The Morgan fingerprint density at radius 1 is 1.56 bits per heavy atom. The lowest BCUT2D eigenvalue weighted by molar-refractivity contribution is 0.112. The molecule has 1 aliphatic rings. The lowest BCUT2D eigenvalue weighted by Gasteiger charge is -2.39. The van der Waals surface area contributed by atoms with Gasteiger partial charge in [0, 0.05) is 36.7 Å². The third-order valence-electron chi connectivity index (χ3n) is 3.34. The van der Waals surface area contributed by atoms with Crippen molar-refractivity contribution in [3.05, 3.63) is 16.3 Å². The van der Waals surface area contributed by atoms with Gasteiger partial charge in [0.2, 0.25) is 0 Å². The second kappa shape index (κ2) is 4.97. The van der Waals surface area contributed by atoms with E-state index >= 15 is 0 Å². The van der Waals surface area contributed by atoms with Crippen LogP contribution in [0.4, 0.5) is 5.69 Å². The van der Waals surface area contributed by atoms with Gasteiger partial charge in [-0.1, -0.05) is 6.92 Å². The van der Waals surface area contributed by atoms with Crippen LogP contribution >= 0.6 is 11.3 Å². The van der Waals surface area contributed by atoms with Crippen LogP contribution in [0.3, 0.4) is 0 Å². The number of aldehydes is 1. The Bertz CT molecular complexity index is 364. The number of carbonyl (C=O) groups excluding carboxylic acids is 1. The van der Waals surface area contributed by atoms with Gasteiger partial charge in [0.1, 0.15) is 0 Å². The van der Waals surface area contributed by atoms with Crippen molar-refractivity contribution in [1.29, 1.82) is 0 Å². The Morgan fingerprint density at radius 3 is 3.00 bits per heavy atom. The van der Waals surface area contributed by atoms with Crippen molar-refractivity contribution in [2.75, 3.05) is 31.6 Å². The molecule has 1 unspecified atom stereocenters. The van der Waals surface area contributed by atoms with Gasteiger partial charge < -0.3 is 4.90 Å². The molecule has 1 aliphatic heterocycles. The van der Waals surface area contributed by atoms with E-state index < -0.39 is 0 Å². The molecule has 1 fully saturated rings. The van der Waals surface area contributed by atoms with E-state index in [1.54, 1.807) is 0 Å². The molecule has 3 nitrogen and oxygen atoms in total. The van der Waals surface area contributed by atoms with Crippen LogP contribution in [-0.2, 0) is 0 Å². The van der Waals surface area contributed by atoms with Gasteiger partial charge in [-0.25, -0.2) is 0 Å². The van der Waals surface area contributed by atoms with Crippen LogP contribution < -0.4 is 4.90 Å². The molecule has 0 aromatic carbocycles. The first-order chi connectivity index (χ1) is 7.74. The third-order valence-corrected chi connectivity index (χ3v) is 4.18. The number of nitrogens with zero attached hydrogens (tertiary/aromatic N) is 2. The Kier molecular flexibility index (Phi) is 3.61. The fraction of sp³-hybridized carbons (Fsp3) is 0.583. The molecule has 2 heterocycles. The number of piperazine rings is 1. The van der Waals surface area contributed by atoms with Gasteiger partial charge in [-0.15, -0.1) is 11.3 Å². The molecule has 1 saturated heterocycles. The van der Waals surface area contributed by atoms with E-state index in [4.69, 9.17) is 0 Å². The SMILES string of the molecule is CCC1CN(c2csc(C=O)c2)CCN1C. The smallest absolute Gasteiger partial charge is 0.160 e. The molecule has 0 bridgehead atoms. The van der Waals surface area contributed by atoms with Gasteiger partial charge in [0.15, 0.2) is 6.29 Å². The lowest BCUT2D eigenvalue weighted by Crippen LogP contribution is -2.51. The summed E-state index contributed by atoms with van der Waals surface area (Å²) in [5.74, 6) is 0. The molecule has 1 aromatic heterocycles. The minimum absolute atomic E-state index is 0.633. The predicted molar refractivity (Wildman–Crippen MR) is 68.6 cm³/mol. The molecule has 0 N–H and O–H groups in total. The second-order valence-electron chi connectivity index (χ2n) is 4.31. The summed E-state index contributed by atoms with van der Waals surface area (Å²) >= 11 is 1.53. The average Bonchev–Trinajstić information content (AvgIpc) is 2.78. The van der Waals surface area contributed by atoms with Crippen molar-refractivity contribution in [3.63, 3.8) is 0 Å². The first kappa shape index (κ1) is 11.6. The van der Waals surface area contributed by atoms with Crippen LogP contribution in [0.25, 0.3) is 0 Å².